The Kier molecular flexibility index (Phi) is 4.53. The van der Waals surface area contributed by atoms with Gasteiger partial charge in [0.2, 0.25) is 0 Å². The van der Waals surface area contributed by atoms with Crippen LogP contribution in [-0.2, 0) is 6.54 Å². The molecule has 1 N–H and O–H groups in total. The predicted octanol–water partition coefficient (Wildman–Crippen LogP) is 4.49. The van der Waals surface area contributed by atoms with Crippen molar-refractivity contribution in [3.05, 3.63) is 38.9 Å². The zero-order valence-corrected chi connectivity index (χ0v) is 14.0. The summed E-state index contributed by atoms with van der Waals surface area (Å²) in [6.45, 7) is 7.03. The number of nitrogens with one attached hydrogen (secondary N) is 1. The number of nitrogens with zero attached hydrogens (tertiary/aromatic N) is 1. The Balaban J connectivity index is 2.31. The van der Waals surface area contributed by atoms with Crippen LogP contribution >= 0.6 is 34.2 Å². The summed E-state index contributed by atoms with van der Waals surface area (Å²) in [7, 11) is 0. The molecule has 19 heavy (non-hydrogen) atoms. The molecule has 2 rings (SSSR count). The standard InChI is InChI=1S/C14H16ClIN2O/c1-14(2,3)18-7-12-13(19-8-17-12)10-6-9(15)4-5-11(10)16/h4-6,8,18H,7H2,1-3H3. The molecule has 0 aliphatic heterocycles. The first kappa shape index (κ1) is 14.8. The maximum Gasteiger partial charge on any atom is 0.181 e. The van der Waals surface area contributed by atoms with E-state index in [-0.39, 0.29) is 5.54 Å². The average molecular weight is 391 g/mol. The monoisotopic (exact) mass is 390 g/mol. The van der Waals surface area contributed by atoms with Gasteiger partial charge in [-0.3, -0.25) is 0 Å². The zero-order chi connectivity index (χ0) is 14.0. The lowest BCUT2D eigenvalue weighted by Crippen LogP contribution is -2.35. The van der Waals surface area contributed by atoms with E-state index in [9.17, 15) is 0 Å². The molecule has 0 spiro atoms. The Hall–Kier alpha value is -0.590. The molecule has 0 amide bonds. The van der Waals surface area contributed by atoms with Gasteiger partial charge in [0, 0.05) is 26.2 Å². The van der Waals surface area contributed by atoms with Gasteiger partial charge in [0.15, 0.2) is 12.2 Å². The minimum Gasteiger partial charge on any atom is -0.443 e. The highest BCUT2D eigenvalue weighted by atomic mass is 127. The lowest BCUT2D eigenvalue weighted by atomic mass is 10.1. The van der Waals surface area contributed by atoms with E-state index in [1.54, 1.807) is 0 Å². The Labute approximate surface area is 131 Å². The molecular formula is C14H16ClIN2O. The van der Waals surface area contributed by atoms with E-state index in [1.165, 1.54) is 6.39 Å². The highest BCUT2D eigenvalue weighted by Crippen LogP contribution is 2.30. The van der Waals surface area contributed by atoms with Crippen LogP contribution in [-0.4, -0.2) is 10.5 Å². The normalized spacial score (nSPS) is 11.8. The molecule has 0 saturated carbocycles. The molecule has 0 aliphatic rings. The van der Waals surface area contributed by atoms with Crippen molar-refractivity contribution in [2.45, 2.75) is 32.9 Å². The van der Waals surface area contributed by atoms with E-state index < -0.39 is 0 Å². The van der Waals surface area contributed by atoms with Crippen LogP contribution in [0.5, 0.6) is 0 Å². The quantitative estimate of drug-likeness (QED) is 0.785. The summed E-state index contributed by atoms with van der Waals surface area (Å²) >= 11 is 8.33. The van der Waals surface area contributed by atoms with Crippen LogP contribution < -0.4 is 5.32 Å². The first-order chi connectivity index (χ1) is 8.87. The molecule has 0 saturated heterocycles. The number of oxazole rings is 1. The maximum atomic E-state index is 6.05. The van der Waals surface area contributed by atoms with E-state index in [4.69, 9.17) is 16.0 Å². The number of hydrogen-bond donors (Lipinski definition) is 1. The summed E-state index contributed by atoms with van der Waals surface area (Å²) in [5, 5.41) is 4.11. The summed E-state index contributed by atoms with van der Waals surface area (Å²) in [4.78, 5) is 4.29. The number of benzene rings is 1. The summed E-state index contributed by atoms with van der Waals surface area (Å²) in [6, 6.07) is 5.75. The third-order valence-electron chi connectivity index (χ3n) is 2.60. The summed E-state index contributed by atoms with van der Waals surface area (Å²) in [6.07, 6.45) is 1.48. The van der Waals surface area contributed by atoms with Crippen molar-refractivity contribution in [1.82, 2.24) is 10.3 Å². The summed E-state index contributed by atoms with van der Waals surface area (Å²) < 4.78 is 6.63. The van der Waals surface area contributed by atoms with Crippen molar-refractivity contribution in [2.24, 2.45) is 0 Å². The largest absolute Gasteiger partial charge is 0.443 e. The first-order valence-corrected chi connectivity index (χ1v) is 7.45. The van der Waals surface area contributed by atoms with Crippen molar-refractivity contribution < 1.29 is 4.42 Å². The minimum absolute atomic E-state index is 0.0394. The number of aromatic nitrogens is 1. The molecule has 2 aromatic rings. The van der Waals surface area contributed by atoms with Gasteiger partial charge in [-0.05, 0) is 61.6 Å². The van der Waals surface area contributed by atoms with E-state index in [0.717, 1.165) is 20.6 Å². The van der Waals surface area contributed by atoms with Crippen LogP contribution in [0.15, 0.2) is 29.0 Å². The molecule has 0 fully saturated rings. The molecule has 3 nitrogen and oxygen atoms in total. The molecular weight excluding hydrogens is 375 g/mol. The molecule has 0 atom stereocenters. The second-order valence-electron chi connectivity index (χ2n) is 5.36. The van der Waals surface area contributed by atoms with Gasteiger partial charge >= 0.3 is 0 Å². The summed E-state index contributed by atoms with van der Waals surface area (Å²) in [5.74, 6) is 0.781. The Morgan fingerprint density at radius 3 is 2.79 bits per heavy atom. The van der Waals surface area contributed by atoms with Crippen LogP contribution in [0.3, 0.4) is 0 Å². The number of halogens is 2. The van der Waals surface area contributed by atoms with Gasteiger partial charge < -0.3 is 9.73 Å². The summed E-state index contributed by atoms with van der Waals surface area (Å²) in [5.41, 5.74) is 1.92. The fourth-order valence-corrected chi connectivity index (χ4v) is 2.39. The third-order valence-corrected chi connectivity index (χ3v) is 3.78. The van der Waals surface area contributed by atoms with Gasteiger partial charge in [-0.25, -0.2) is 4.98 Å². The lowest BCUT2D eigenvalue weighted by molar-refractivity contribution is 0.421. The van der Waals surface area contributed by atoms with E-state index >= 15 is 0 Å². The Morgan fingerprint density at radius 1 is 1.37 bits per heavy atom. The van der Waals surface area contributed by atoms with Crippen molar-refractivity contribution in [1.29, 1.82) is 0 Å². The van der Waals surface area contributed by atoms with Crippen LogP contribution in [0.25, 0.3) is 11.3 Å². The van der Waals surface area contributed by atoms with Crippen LogP contribution in [0.4, 0.5) is 0 Å². The topological polar surface area (TPSA) is 38.1 Å². The Bertz CT molecular complexity index is 575. The second-order valence-corrected chi connectivity index (χ2v) is 6.95. The molecule has 0 unspecified atom stereocenters. The molecule has 102 valence electrons. The number of rotatable bonds is 3. The Morgan fingerprint density at radius 2 is 2.11 bits per heavy atom. The van der Waals surface area contributed by atoms with Crippen LogP contribution in [0.2, 0.25) is 5.02 Å². The van der Waals surface area contributed by atoms with Crippen molar-refractivity contribution in [2.75, 3.05) is 0 Å². The second kappa shape index (κ2) is 5.81. The molecule has 1 heterocycles. The zero-order valence-electron chi connectivity index (χ0n) is 11.1. The maximum absolute atomic E-state index is 6.05. The third kappa shape index (κ3) is 3.94. The number of hydrogen-bond acceptors (Lipinski definition) is 3. The van der Waals surface area contributed by atoms with E-state index in [2.05, 4.69) is 53.7 Å². The van der Waals surface area contributed by atoms with Gasteiger partial charge in [-0.2, -0.15) is 0 Å². The molecule has 1 aromatic heterocycles. The van der Waals surface area contributed by atoms with Crippen LogP contribution in [0, 0.1) is 3.57 Å². The van der Waals surface area contributed by atoms with E-state index in [1.807, 2.05) is 18.2 Å². The fraction of sp³-hybridized carbons (Fsp3) is 0.357. The smallest absolute Gasteiger partial charge is 0.181 e. The molecule has 1 aromatic carbocycles. The van der Waals surface area contributed by atoms with Crippen LogP contribution in [0.1, 0.15) is 26.5 Å². The van der Waals surface area contributed by atoms with E-state index in [0.29, 0.717) is 11.6 Å². The van der Waals surface area contributed by atoms with Gasteiger partial charge in [-0.15, -0.1) is 0 Å². The minimum atomic E-state index is 0.0394. The molecule has 0 aliphatic carbocycles. The highest BCUT2D eigenvalue weighted by Gasteiger charge is 2.16. The molecule has 0 bridgehead atoms. The first-order valence-electron chi connectivity index (χ1n) is 5.99. The molecule has 0 radical (unpaired) electrons. The van der Waals surface area contributed by atoms with Gasteiger partial charge in [-0.1, -0.05) is 11.6 Å². The molecule has 5 heteroatoms. The van der Waals surface area contributed by atoms with Gasteiger partial charge in [0.05, 0.1) is 0 Å². The SMILES string of the molecule is CC(C)(C)NCc1ncoc1-c1cc(Cl)ccc1I. The predicted molar refractivity (Wildman–Crippen MR) is 86.3 cm³/mol. The van der Waals surface area contributed by atoms with Crippen molar-refractivity contribution in [3.63, 3.8) is 0 Å². The lowest BCUT2D eigenvalue weighted by Gasteiger charge is -2.19. The highest BCUT2D eigenvalue weighted by molar-refractivity contribution is 14.1. The van der Waals surface area contributed by atoms with Crippen molar-refractivity contribution in [3.8, 4) is 11.3 Å². The van der Waals surface area contributed by atoms with Gasteiger partial charge in [0.1, 0.15) is 5.69 Å². The fourth-order valence-electron chi connectivity index (χ4n) is 1.63. The van der Waals surface area contributed by atoms with Crippen molar-refractivity contribution >= 4 is 34.2 Å². The average Bonchev–Trinajstić information content (AvgIpc) is 2.77. The van der Waals surface area contributed by atoms with Gasteiger partial charge in [0.25, 0.3) is 0 Å².